The van der Waals surface area contributed by atoms with E-state index in [0.29, 0.717) is 0 Å². The molecular formula is C13H16N2S. The minimum Gasteiger partial charge on any atom is -0.366 e. The van der Waals surface area contributed by atoms with Crippen LogP contribution in [0, 0.1) is 0 Å². The first-order chi connectivity index (χ1) is 7.81. The van der Waals surface area contributed by atoms with Crippen LogP contribution >= 0.6 is 12.2 Å². The van der Waals surface area contributed by atoms with Crippen molar-refractivity contribution in [1.29, 1.82) is 0 Å². The van der Waals surface area contributed by atoms with Crippen LogP contribution in [0.25, 0.3) is 5.57 Å². The summed E-state index contributed by atoms with van der Waals surface area (Å²) >= 11 is 5.22. The monoisotopic (exact) mass is 232 g/mol. The highest BCUT2D eigenvalue weighted by Gasteiger charge is 2.13. The van der Waals surface area contributed by atoms with Crippen LogP contribution in [0.4, 0.5) is 0 Å². The zero-order valence-corrected chi connectivity index (χ0v) is 10.3. The van der Waals surface area contributed by atoms with Crippen LogP contribution in [-0.4, -0.2) is 30.1 Å². The number of nitrogens with one attached hydrogen (secondary N) is 1. The van der Waals surface area contributed by atoms with Gasteiger partial charge in [0, 0.05) is 20.1 Å². The molecule has 0 bridgehead atoms. The van der Waals surface area contributed by atoms with Gasteiger partial charge in [-0.15, -0.1) is 0 Å². The largest absolute Gasteiger partial charge is 0.366 e. The molecule has 0 fully saturated rings. The third kappa shape index (κ3) is 2.42. The van der Waals surface area contributed by atoms with E-state index < -0.39 is 0 Å². The lowest BCUT2D eigenvalue weighted by atomic mass is 10.00. The molecule has 0 spiro atoms. The molecule has 3 heteroatoms. The molecule has 0 aliphatic carbocycles. The van der Waals surface area contributed by atoms with Gasteiger partial charge in [0.05, 0.1) is 0 Å². The summed E-state index contributed by atoms with van der Waals surface area (Å²) in [6.45, 7) is 1.91. The van der Waals surface area contributed by atoms with Crippen molar-refractivity contribution in [1.82, 2.24) is 10.2 Å². The third-order valence-corrected chi connectivity index (χ3v) is 3.32. The molecule has 0 saturated heterocycles. The van der Waals surface area contributed by atoms with E-state index in [1.807, 2.05) is 7.05 Å². The van der Waals surface area contributed by atoms with Gasteiger partial charge in [-0.1, -0.05) is 36.4 Å². The van der Waals surface area contributed by atoms with Gasteiger partial charge in [0.2, 0.25) is 0 Å². The summed E-state index contributed by atoms with van der Waals surface area (Å²) in [6, 6.07) is 10.5. The molecular weight excluding hydrogens is 216 g/mol. The number of nitrogens with zero attached hydrogens (tertiary/aromatic N) is 1. The standard InChI is InChI=1S/C13H16N2S/c1-14-13(16)15-9-7-12(8-10-15)11-5-3-2-4-6-11/h2-7H,8-10H2,1H3,(H,14,16). The molecule has 16 heavy (non-hydrogen) atoms. The predicted octanol–water partition coefficient (Wildman–Crippen LogP) is 2.28. The minimum absolute atomic E-state index is 0.836. The molecule has 1 aliphatic heterocycles. The molecule has 1 heterocycles. The zero-order chi connectivity index (χ0) is 11.4. The number of benzene rings is 1. The highest BCUT2D eigenvalue weighted by Crippen LogP contribution is 2.21. The summed E-state index contributed by atoms with van der Waals surface area (Å²) in [5.41, 5.74) is 2.76. The second kappa shape index (κ2) is 5.12. The Morgan fingerprint density at radius 3 is 2.62 bits per heavy atom. The molecule has 1 aromatic rings. The molecule has 2 rings (SSSR count). The molecule has 1 aromatic carbocycles. The van der Waals surface area contributed by atoms with Crippen LogP contribution in [0.2, 0.25) is 0 Å². The van der Waals surface area contributed by atoms with E-state index in [2.05, 4.69) is 46.6 Å². The zero-order valence-electron chi connectivity index (χ0n) is 9.44. The first kappa shape index (κ1) is 11.1. The van der Waals surface area contributed by atoms with Gasteiger partial charge in [0.1, 0.15) is 0 Å². The maximum Gasteiger partial charge on any atom is 0.168 e. The maximum atomic E-state index is 5.22. The van der Waals surface area contributed by atoms with Gasteiger partial charge in [0.25, 0.3) is 0 Å². The SMILES string of the molecule is CNC(=S)N1CC=C(c2ccccc2)CC1. The van der Waals surface area contributed by atoms with Gasteiger partial charge in [-0.2, -0.15) is 0 Å². The number of rotatable bonds is 1. The van der Waals surface area contributed by atoms with Gasteiger partial charge in [0.15, 0.2) is 5.11 Å². The first-order valence-electron chi connectivity index (χ1n) is 5.52. The Hall–Kier alpha value is -1.35. The molecule has 1 aliphatic rings. The van der Waals surface area contributed by atoms with Gasteiger partial charge in [-0.25, -0.2) is 0 Å². The Bertz CT molecular complexity index is 398. The Morgan fingerprint density at radius 2 is 2.06 bits per heavy atom. The van der Waals surface area contributed by atoms with E-state index in [9.17, 15) is 0 Å². The number of thiocarbonyl (C=S) groups is 1. The molecule has 0 amide bonds. The minimum atomic E-state index is 0.836. The van der Waals surface area contributed by atoms with Crippen LogP contribution in [0.5, 0.6) is 0 Å². The molecule has 2 nitrogen and oxygen atoms in total. The normalized spacial score (nSPS) is 15.6. The predicted molar refractivity (Wildman–Crippen MR) is 72.3 cm³/mol. The third-order valence-electron chi connectivity index (χ3n) is 2.85. The average molecular weight is 232 g/mol. The topological polar surface area (TPSA) is 15.3 Å². The van der Waals surface area contributed by atoms with Gasteiger partial charge in [-0.3, -0.25) is 0 Å². The Labute approximate surface area is 102 Å². The van der Waals surface area contributed by atoms with E-state index in [1.54, 1.807) is 0 Å². The van der Waals surface area contributed by atoms with Gasteiger partial charge >= 0.3 is 0 Å². The van der Waals surface area contributed by atoms with Crippen molar-refractivity contribution in [2.75, 3.05) is 20.1 Å². The van der Waals surface area contributed by atoms with Crippen molar-refractivity contribution < 1.29 is 0 Å². The molecule has 0 radical (unpaired) electrons. The summed E-state index contributed by atoms with van der Waals surface area (Å²) in [5.74, 6) is 0. The Kier molecular flexibility index (Phi) is 3.57. The first-order valence-corrected chi connectivity index (χ1v) is 5.93. The van der Waals surface area contributed by atoms with Crippen molar-refractivity contribution >= 4 is 22.9 Å². The highest BCUT2D eigenvalue weighted by molar-refractivity contribution is 7.80. The van der Waals surface area contributed by atoms with Crippen LogP contribution in [0.15, 0.2) is 36.4 Å². The van der Waals surface area contributed by atoms with E-state index in [0.717, 1.165) is 24.6 Å². The fourth-order valence-electron chi connectivity index (χ4n) is 1.93. The fourth-order valence-corrected chi connectivity index (χ4v) is 2.09. The highest BCUT2D eigenvalue weighted by atomic mass is 32.1. The Balaban J connectivity index is 2.07. The van der Waals surface area contributed by atoms with Crippen LogP contribution in [0.1, 0.15) is 12.0 Å². The molecule has 1 N–H and O–H groups in total. The van der Waals surface area contributed by atoms with Crippen LogP contribution in [-0.2, 0) is 0 Å². The van der Waals surface area contributed by atoms with Crippen LogP contribution in [0.3, 0.4) is 0 Å². The van der Waals surface area contributed by atoms with Gasteiger partial charge in [-0.05, 0) is 29.8 Å². The van der Waals surface area contributed by atoms with Gasteiger partial charge < -0.3 is 10.2 Å². The summed E-state index contributed by atoms with van der Waals surface area (Å²) < 4.78 is 0. The maximum absolute atomic E-state index is 5.22. The number of hydrogen-bond acceptors (Lipinski definition) is 1. The van der Waals surface area contributed by atoms with Crippen molar-refractivity contribution in [2.24, 2.45) is 0 Å². The summed E-state index contributed by atoms with van der Waals surface area (Å²) in [7, 11) is 1.87. The summed E-state index contributed by atoms with van der Waals surface area (Å²) in [4.78, 5) is 2.18. The quantitative estimate of drug-likeness (QED) is 0.748. The van der Waals surface area contributed by atoms with Crippen molar-refractivity contribution in [2.45, 2.75) is 6.42 Å². The number of hydrogen-bond donors (Lipinski definition) is 1. The summed E-state index contributed by atoms with van der Waals surface area (Å²) in [5, 5.41) is 3.85. The van der Waals surface area contributed by atoms with E-state index in [-0.39, 0.29) is 0 Å². The molecule has 0 unspecified atom stereocenters. The lowest BCUT2D eigenvalue weighted by Crippen LogP contribution is -2.40. The molecule has 0 atom stereocenters. The smallest absolute Gasteiger partial charge is 0.168 e. The second-order valence-corrected chi connectivity index (χ2v) is 4.23. The van der Waals surface area contributed by atoms with E-state index in [4.69, 9.17) is 12.2 Å². The summed E-state index contributed by atoms with van der Waals surface area (Å²) in [6.07, 6.45) is 3.33. The molecule has 84 valence electrons. The van der Waals surface area contributed by atoms with Crippen LogP contribution < -0.4 is 5.32 Å². The van der Waals surface area contributed by atoms with Crippen molar-refractivity contribution in [3.63, 3.8) is 0 Å². The van der Waals surface area contributed by atoms with Crippen molar-refractivity contribution in [3.05, 3.63) is 42.0 Å². The van der Waals surface area contributed by atoms with E-state index >= 15 is 0 Å². The molecule has 0 aromatic heterocycles. The second-order valence-electron chi connectivity index (χ2n) is 3.85. The molecule has 0 saturated carbocycles. The average Bonchev–Trinajstić information content (AvgIpc) is 2.39. The lowest BCUT2D eigenvalue weighted by Gasteiger charge is -2.28. The Morgan fingerprint density at radius 1 is 1.31 bits per heavy atom. The lowest BCUT2D eigenvalue weighted by molar-refractivity contribution is 0.455. The van der Waals surface area contributed by atoms with E-state index in [1.165, 1.54) is 11.1 Å². The van der Waals surface area contributed by atoms with Crippen molar-refractivity contribution in [3.8, 4) is 0 Å². The fraction of sp³-hybridized carbons (Fsp3) is 0.308.